The second kappa shape index (κ2) is 9.08. The van der Waals surface area contributed by atoms with E-state index in [9.17, 15) is 9.59 Å². The van der Waals surface area contributed by atoms with E-state index in [1.165, 1.54) is 6.33 Å². The van der Waals surface area contributed by atoms with Crippen molar-refractivity contribution >= 4 is 28.5 Å². The number of nitrogens with one attached hydrogen (secondary N) is 2. The third-order valence-electron chi connectivity index (χ3n) is 6.44. The van der Waals surface area contributed by atoms with Gasteiger partial charge in [-0.05, 0) is 25.2 Å². The van der Waals surface area contributed by atoms with Crippen molar-refractivity contribution in [2.75, 3.05) is 31.6 Å². The number of likely N-dealkylation sites (tertiary alicyclic amines) is 1. The van der Waals surface area contributed by atoms with Gasteiger partial charge in [-0.15, -0.1) is 0 Å². The SMILES string of the molecule is O=C(c1ccccc1)c1c[nH]c2ncnc(NC3CCN(C(=O)CC4CCOCC4)C3)c12. The monoisotopic (exact) mass is 433 g/mol. The highest BCUT2D eigenvalue weighted by Gasteiger charge is 2.29. The molecule has 4 heterocycles. The molecule has 1 unspecified atom stereocenters. The summed E-state index contributed by atoms with van der Waals surface area (Å²) in [6.45, 7) is 2.88. The second-order valence-corrected chi connectivity index (χ2v) is 8.57. The van der Waals surface area contributed by atoms with Crippen LogP contribution >= 0.6 is 0 Å². The van der Waals surface area contributed by atoms with Gasteiger partial charge in [0.15, 0.2) is 5.78 Å². The van der Waals surface area contributed by atoms with Gasteiger partial charge < -0.3 is 19.9 Å². The Morgan fingerprint density at radius 2 is 1.94 bits per heavy atom. The normalized spacial score (nSPS) is 19.4. The zero-order chi connectivity index (χ0) is 21.9. The Morgan fingerprint density at radius 1 is 1.12 bits per heavy atom. The zero-order valence-electron chi connectivity index (χ0n) is 17.9. The highest BCUT2D eigenvalue weighted by Crippen LogP contribution is 2.28. The molecule has 2 N–H and O–H groups in total. The average molecular weight is 434 g/mol. The topological polar surface area (TPSA) is 100 Å². The number of aromatic amines is 1. The Balaban J connectivity index is 1.30. The molecule has 8 heteroatoms. The van der Waals surface area contributed by atoms with Crippen LogP contribution in [0.5, 0.6) is 0 Å². The summed E-state index contributed by atoms with van der Waals surface area (Å²) in [6, 6.07) is 9.27. The number of nitrogens with zero attached hydrogens (tertiary/aromatic N) is 3. The molecular weight excluding hydrogens is 406 g/mol. The van der Waals surface area contributed by atoms with Crippen LogP contribution in [0.1, 0.15) is 41.6 Å². The van der Waals surface area contributed by atoms with E-state index in [0.29, 0.717) is 46.9 Å². The molecule has 2 aromatic heterocycles. The number of benzene rings is 1. The Hall–Kier alpha value is -3.26. The van der Waals surface area contributed by atoms with Crippen LogP contribution in [0.15, 0.2) is 42.9 Å². The number of fused-ring (bicyclic) bond motifs is 1. The lowest BCUT2D eigenvalue weighted by Crippen LogP contribution is -2.33. The van der Waals surface area contributed by atoms with Crippen molar-refractivity contribution in [3.05, 3.63) is 54.0 Å². The van der Waals surface area contributed by atoms with Gasteiger partial charge in [-0.3, -0.25) is 9.59 Å². The number of hydrogen-bond donors (Lipinski definition) is 2. The Labute approximate surface area is 186 Å². The minimum absolute atomic E-state index is 0.0746. The van der Waals surface area contributed by atoms with Crippen LogP contribution in [0.3, 0.4) is 0 Å². The van der Waals surface area contributed by atoms with Crippen LogP contribution < -0.4 is 5.32 Å². The number of ketones is 1. The number of rotatable bonds is 6. The molecule has 2 saturated heterocycles. The number of amides is 1. The maximum Gasteiger partial charge on any atom is 0.222 e. The molecule has 0 radical (unpaired) electrons. The van der Waals surface area contributed by atoms with Gasteiger partial charge in [-0.25, -0.2) is 9.97 Å². The van der Waals surface area contributed by atoms with Crippen LogP contribution in [0, 0.1) is 5.92 Å². The van der Waals surface area contributed by atoms with Crippen molar-refractivity contribution in [3.63, 3.8) is 0 Å². The van der Waals surface area contributed by atoms with Gasteiger partial charge in [0.25, 0.3) is 0 Å². The third-order valence-corrected chi connectivity index (χ3v) is 6.44. The quantitative estimate of drug-likeness (QED) is 0.580. The van der Waals surface area contributed by atoms with Gasteiger partial charge in [0.05, 0.1) is 10.9 Å². The summed E-state index contributed by atoms with van der Waals surface area (Å²) in [5, 5.41) is 4.16. The number of carbonyl (C=O) groups excluding carboxylic acids is 2. The van der Waals surface area contributed by atoms with Gasteiger partial charge >= 0.3 is 0 Å². The summed E-state index contributed by atoms with van der Waals surface area (Å²) in [5.74, 6) is 1.19. The van der Waals surface area contributed by atoms with E-state index in [-0.39, 0.29) is 17.7 Å². The van der Waals surface area contributed by atoms with E-state index in [4.69, 9.17) is 4.74 Å². The van der Waals surface area contributed by atoms with E-state index in [1.807, 2.05) is 23.1 Å². The first-order valence-electron chi connectivity index (χ1n) is 11.2. The minimum atomic E-state index is -0.0746. The van der Waals surface area contributed by atoms with Crippen molar-refractivity contribution in [3.8, 4) is 0 Å². The Kier molecular flexibility index (Phi) is 5.85. The lowest BCUT2D eigenvalue weighted by Gasteiger charge is -2.24. The molecule has 166 valence electrons. The highest BCUT2D eigenvalue weighted by atomic mass is 16.5. The summed E-state index contributed by atoms with van der Waals surface area (Å²) in [4.78, 5) is 39.6. The fourth-order valence-corrected chi connectivity index (χ4v) is 4.62. The summed E-state index contributed by atoms with van der Waals surface area (Å²) in [6.07, 6.45) is 6.55. The maximum absolute atomic E-state index is 13.1. The van der Waals surface area contributed by atoms with E-state index in [0.717, 1.165) is 39.0 Å². The standard InChI is InChI=1S/C24H27N5O3/c30-20(12-16-7-10-32-11-8-16)29-9-6-18(14-29)28-24-21-19(13-25-23(21)26-15-27-24)22(31)17-4-2-1-3-5-17/h1-5,13,15-16,18H,6-12,14H2,(H2,25,26,27,28). The molecule has 2 aliphatic rings. The van der Waals surface area contributed by atoms with E-state index >= 15 is 0 Å². The lowest BCUT2D eigenvalue weighted by atomic mass is 9.96. The van der Waals surface area contributed by atoms with Crippen LogP contribution in [-0.4, -0.2) is 63.9 Å². The smallest absolute Gasteiger partial charge is 0.222 e. The Bertz CT molecular complexity index is 1110. The number of anilines is 1. The summed E-state index contributed by atoms with van der Waals surface area (Å²) in [7, 11) is 0. The summed E-state index contributed by atoms with van der Waals surface area (Å²) < 4.78 is 5.40. The first kappa shape index (κ1) is 20.6. The molecule has 1 aromatic carbocycles. The number of carbonyl (C=O) groups is 2. The summed E-state index contributed by atoms with van der Waals surface area (Å²) >= 11 is 0. The predicted molar refractivity (Wildman–Crippen MR) is 121 cm³/mol. The number of H-pyrrole nitrogens is 1. The first-order valence-corrected chi connectivity index (χ1v) is 11.2. The van der Waals surface area contributed by atoms with Gasteiger partial charge in [-0.1, -0.05) is 30.3 Å². The van der Waals surface area contributed by atoms with Crippen LogP contribution in [-0.2, 0) is 9.53 Å². The first-order chi connectivity index (χ1) is 15.7. The fourth-order valence-electron chi connectivity index (χ4n) is 4.62. The number of ether oxygens (including phenoxy) is 1. The average Bonchev–Trinajstić information content (AvgIpc) is 3.48. The van der Waals surface area contributed by atoms with Crippen LogP contribution in [0.4, 0.5) is 5.82 Å². The fraction of sp³-hybridized carbons (Fsp3) is 0.417. The van der Waals surface area contributed by atoms with Gasteiger partial charge in [0, 0.05) is 50.5 Å². The molecule has 2 aliphatic heterocycles. The molecule has 1 amide bonds. The van der Waals surface area contributed by atoms with E-state index in [1.54, 1.807) is 18.3 Å². The minimum Gasteiger partial charge on any atom is -0.381 e. The van der Waals surface area contributed by atoms with E-state index in [2.05, 4.69) is 20.3 Å². The van der Waals surface area contributed by atoms with Gasteiger partial charge in [0.1, 0.15) is 17.8 Å². The molecule has 0 aliphatic carbocycles. The van der Waals surface area contributed by atoms with Crippen LogP contribution in [0.2, 0.25) is 0 Å². The van der Waals surface area contributed by atoms with Gasteiger partial charge in [0.2, 0.25) is 5.91 Å². The molecule has 1 atom stereocenters. The molecule has 0 spiro atoms. The van der Waals surface area contributed by atoms with Crippen molar-refractivity contribution in [1.29, 1.82) is 0 Å². The third kappa shape index (κ3) is 4.23. The van der Waals surface area contributed by atoms with Crippen molar-refractivity contribution in [1.82, 2.24) is 19.9 Å². The molecule has 8 nitrogen and oxygen atoms in total. The molecule has 5 rings (SSSR count). The van der Waals surface area contributed by atoms with Crippen molar-refractivity contribution < 1.29 is 14.3 Å². The molecule has 32 heavy (non-hydrogen) atoms. The van der Waals surface area contributed by atoms with Crippen molar-refractivity contribution in [2.24, 2.45) is 5.92 Å². The van der Waals surface area contributed by atoms with Crippen molar-refractivity contribution in [2.45, 2.75) is 31.7 Å². The highest BCUT2D eigenvalue weighted by molar-refractivity contribution is 6.17. The lowest BCUT2D eigenvalue weighted by molar-refractivity contribution is -0.131. The molecule has 2 fully saturated rings. The van der Waals surface area contributed by atoms with E-state index < -0.39 is 0 Å². The number of hydrogen-bond acceptors (Lipinski definition) is 6. The summed E-state index contributed by atoms with van der Waals surface area (Å²) in [5.41, 5.74) is 1.78. The Morgan fingerprint density at radius 3 is 2.75 bits per heavy atom. The van der Waals surface area contributed by atoms with Crippen LogP contribution in [0.25, 0.3) is 11.0 Å². The largest absolute Gasteiger partial charge is 0.381 e. The second-order valence-electron chi connectivity index (χ2n) is 8.57. The predicted octanol–water partition coefficient (Wildman–Crippen LogP) is 3.02. The maximum atomic E-state index is 13.1. The molecule has 0 saturated carbocycles. The zero-order valence-corrected chi connectivity index (χ0v) is 17.9. The molecule has 0 bridgehead atoms. The molecular formula is C24H27N5O3. The van der Waals surface area contributed by atoms with Gasteiger partial charge in [-0.2, -0.15) is 0 Å². The molecule has 3 aromatic rings. The number of aromatic nitrogens is 3.